The van der Waals surface area contributed by atoms with Crippen molar-refractivity contribution in [3.8, 4) is 0 Å². The zero-order valence-corrected chi connectivity index (χ0v) is 9.16. The number of hydrogen-bond acceptors (Lipinski definition) is 1. The minimum atomic E-state index is 0.392. The smallest absolute Gasteiger partial charge is 0.0561 e. The molecule has 0 bridgehead atoms. The van der Waals surface area contributed by atoms with Crippen LogP contribution in [0.25, 0.3) is 0 Å². The average molecular weight is 189 g/mol. The second-order valence-corrected chi connectivity index (χ2v) is 3.75. The molecule has 76 valence electrons. The molecule has 1 aliphatic rings. The van der Waals surface area contributed by atoms with E-state index in [2.05, 4.69) is 44.3 Å². The minimum Gasteiger partial charge on any atom is -0.297 e. The van der Waals surface area contributed by atoms with Gasteiger partial charge in [-0.25, -0.2) is 0 Å². The molecule has 0 aromatic rings. The van der Waals surface area contributed by atoms with E-state index in [0.717, 1.165) is 12.8 Å². The molecule has 1 fully saturated rings. The largest absolute Gasteiger partial charge is 0.297 e. The van der Waals surface area contributed by atoms with Crippen LogP contribution in [-0.2, 0) is 0 Å². The van der Waals surface area contributed by atoms with Crippen molar-refractivity contribution >= 4 is 6.72 Å². The second-order valence-electron chi connectivity index (χ2n) is 3.75. The maximum Gasteiger partial charge on any atom is 0.0561 e. The van der Waals surface area contributed by atoms with Crippen LogP contribution in [0.4, 0.5) is 0 Å². The van der Waals surface area contributed by atoms with Crippen LogP contribution in [0.3, 0.4) is 0 Å². The lowest BCUT2D eigenvalue weighted by atomic mass is 9.78. The molecule has 1 aliphatic carbocycles. The molecule has 0 aromatic carbocycles. The standard InChI is InChI=1S/C13H19N/c1-5-7-11-8-9-13(14-4)10(3)12(11)6-2/h5-7,10,13H,1,4,8-9H2,2-3H3/b11-7-,12-6-. The Bertz CT molecular complexity index is 284. The first-order valence-electron chi connectivity index (χ1n) is 5.18. The van der Waals surface area contributed by atoms with Gasteiger partial charge in [-0.1, -0.05) is 31.7 Å². The molecule has 0 N–H and O–H groups in total. The first-order chi connectivity index (χ1) is 6.74. The molecule has 0 radical (unpaired) electrons. The third-order valence-corrected chi connectivity index (χ3v) is 3.01. The van der Waals surface area contributed by atoms with E-state index in [0.29, 0.717) is 12.0 Å². The van der Waals surface area contributed by atoms with E-state index in [4.69, 9.17) is 0 Å². The summed E-state index contributed by atoms with van der Waals surface area (Å²) < 4.78 is 0. The average Bonchev–Trinajstić information content (AvgIpc) is 2.19. The molecule has 14 heavy (non-hydrogen) atoms. The van der Waals surface area contributed by atoms with E-state index < -0.39 is 0 Å². The highest BCUT2D eigenvalue weighted by Crippen LogP contribution is 2.35. The molecule has 0 spiro atoms. The van der Waals surface area contributed by atoms with Gasteiger partial charge in [0.15, 0.2) is 0 Å². The topological polar surface area (TPSA) is 12.4 Å². The molecule has 0 aromatic heterocycles. The molecule has 0 aliphatic heterocycles. The fourth-order valence-corrected chi connectivity index (χ4v) is 2.22. The van der Waals surface area contributed by atoms with Crippen molar-refractivity contribution in [3.05, 3.63) is 36.0 Å². The fraction of sp³-hybridized carbons (Fsp3) is 0.462. The summed E-state index contributed by atoms with van der Waals surface area (Å²) in [5.41, 5.74) is 2.82. The lowest BCUT2D eigenvalue weighted by Gasteiger charge is -2.30. The molecular weight excluding hydrogens is 170 g/mol. The summed E-state index contributed by atoms with van der Waals surface area (Å²) in [4.78, 5) is 4.18. The van der Waals surface area contributed by atoms with Crippen molar-refractivity contribution in [2.24, 2.45) is 10.9 Å². The monoisotopic (exact) mass is 189 g/mol. The molecule has 0 saturated heterocycles. The zero-order chi connectivity index (χ0) is 10.6. The summed E-state index contributed by atoms with van der Waals surface area (Å²) in [6.45, 7) is 11.7. The van der Waals surface area contributed by atoms with Crippen LogP contribution in [0.2, 0.25) is 0 Å². The summed E-state index contributed by atoms with van der Waals surface area (Å²) in [6, 6.07) is 0.392. The van der Waals surface area contributed by atoms with E-state index in [9.17, 15) is 0 Å². The van der Waals surface area contributed by atoms with Gasteiger partial charge in [0, 0.05) is 5.92 Å². The quantitative estimate of drug-likeness (QED) is 0.589. The Morgan fingerprint density at radius 1 is 1.50 bits per heavy atom. The Morgan fingerprint density at radius 3 is 2.71 bits per heavy atom. The van der Waals surface area contributed by atoms with Crippen LogP contribution in [0.1, 0.15) is 26.7 Å². The van der Waals surface area contributed by atoms with Crippen molar-refractivity contribution in [2.45, 2.75) is 32.7 Å². The van der Waals surface area contributed by atoms with Gasteiger partial charge in [-0.15, -0.1) is 0 Å². The van der Waals surface area contributed by atoms with Crippen LogP contribution in [0.15, 0.2) is 40.9 Å². The van der Waals surface area contributed by atoms with Gasteiger partial charge in [-0.05, 0) is 37.6 Å². The van der Waals surface area contributed by atoms with Gasteiger partial charge in [0.2, 0.25) is 0 Å². The number of rotatable bonds is 2. The molecule has 1 nitrogen and oxygen atoms in total. The SMILES string of the molecule is C=C/C=C1/CCC(N=C)C(C)/C1=C/C. The minimum absolute atomic E-state index is 0.392. The molecule has 1 heteroatoms. The molecule has 0 amide bonds. The van der Waals surface area contributed by atoms with E-state index in [1.807, 2.05) is 6.08 Å². The van der Waals surface area contributed by atoms with Gasteiger partial charge in [-0.3, -0.25) is 4.99 Å². The highest BCUT2D eigenvalue weighted by Gasteiger charge is 2.26. The summed E-state index contributed by atoms with van der Waals surface area (Å²) in [5.74, 6) is 0.498. The Kier molecular flexibility index (Phi) is 3.87. The number of hydrogen-bond donors (Lipinski definition) is 0. The summed E-state index contributed by atoms with van der Waals surface area (Å²) >= 11 is 0. The van der Waals surface area contributed by atoms with Crippen LogP contribution in [0.5, 0.6) is 0 Å². The fourth-order valence-electron chi connectivity index (χ4n) is 2.22. The second kappa shape index (κ2) is 4.94. The van der Waals surface area contributed by atoms with Crippen LogP contribution in [-0.4, -0.2) is 12.8 Å². The normalized spacial score (nSPS) is 33.3. The number of allylic oxidation sites excluding steroid dienone is 4. The predicted molar refractivity (Wildman–Crippen MR) is 63.8 cm³/mol. The highest BCUT2D eigenvalue weighted by molar-refractivity contribution is 5.39. The van der Waals surface area contributed by atoms with Crippen molar-refractivity contribution < 1.29 is 0 Å². The van der Waals surface area contributed by atoms with Gasteiger partial charge in [0.1, 0.15) is 0 Å². The van der Waals surface area contributed by atoms with Gasteiger partial charge in [0.05, 0.1) is 6.04 Å². The van der Waals surface area contributed by atoms with Gasteiger partial charge < -0.3 is 0 Å². The summed E-state index contributed by atoms with van der Waals surface area (Å²) in [5, 5.41) is 0. The Balaban J connectivity index is 2.94. The third-order valence-electron chi connectivity index (χ3n) is 3.01. The first-order valence-corrected chi connectivity index (χ1v) is 5.18. The summed E-state index contributed by atoms with van der Waals surface area (Å²) in [6.07, 6.45) is 8.39. The maximum absolute atomic E-state index is 4.18. The molecule has 1 rings (SSSR count). The van der Waals surface area contributed by atoms with Crippen LogP contribution < -0.4 is 0 Å². The molecule has 2 unspecified atom stereocenters. The van der Waals surface area contributed by atoms with Gasteiger partial charge in [-0.2, -0.15) is 0 Å². The lowest BCUT2D eigenvalue weighted by Crippen LogP contribution is -2.23. The zero-order valence-electron chi connectivity index (χ0n) is 9.16. The van der Waals surface area contributed by atoms with Crippen LogP contribution in [0, 0.1) is 5.92 Å². The predicted octanol–water partition coefficient (Wildman–Crippen LogP) is 3.54. The lowest BCUT2D eigenvalue weighted by molar-refractivity contribution is 0.458. The Hall–Kier alpha value is -1.11. The van der Waals surface area contributed by atoms with Crippen molar-refractivity contribution in [2.75, 3.05) is 0 Å². The molecule has 0 heterocycles. The Labute approximate surface area is 86.9 Å². The molecule has 1 saturated carbocycles. The molecular formula is C13H19N. The number of aliphatic imine (C=N–C) groups is 1. The Morgan fingerprint density at radius 2 is 2.21 bits per heavy atom. The van der Waals surface area contributed by atoms with E-state index >= 15 is 0 Å². The molecule has 2 atom stereocenters. The summed E-state index contributed by atoms with van der Waals surface area (Å²) in [7, 11) is 0. The first kappa shape index (κ1) is 11.0. The maximum atomic E-state index is 4.18. The van der Waals surface area contributed by atoms with E-state index in [1.165, 1.54) is 11.1 Å². The number of nitrogens with zero attached hydrogens (tertiary/aromatic N) is 1. The van der Waals surface area contributed by atoms with Crippen molar-refractivity contribution in [1.29, 1.82) is 0 Å². The van der Waals surface area contributed by atoms with Gasteiger partial charge in [0.25, 0.3) is 0 Å². The highest BCUT2D eigenvalue weighted by atomic mass is 14.8. The van der Waals surface area contributed by atoms with Crippen molar-refractivity contribution in [1.82, 2.24) is 0 Å². The van der Waals surface area contributed by atoms with E-state index in [1.54, 1.807) is 0 Å². The van der Waals surface area contributed by atoms with E-state index in [-0.39, 0.29) is 0 Å². The van der Waals surface area contributed by atoms with Crippen LogP contribution >= 0.6 is 0 Å². The van der Waals surface area contributed by atoms with Crippen molar-refractivity contribution in [3.63, 3.8) is 0 Å². The van der Waals surface area contributed by atoms with Gasteiger partial charge >= 0.3 is 0 Å². The third kappa shape index (κ3) is 2.03.